The van der Waals surface area contributed by atoms with Gasteiger partial charge in [0.15, 0.2) is 0 Å². The van der Waals surface area contributed by atoms with Crippen LogP contribution in [0.1, 0.15) is 30.3 Å². The van der Waals surface area contributed by atoms with Gasteiger partial charge in [-0.2, -0.15) is 0 Å². The SMILES string of the molecule is Cc1cncn1C(C)C(=O)C(=O)C(O)c1ccccc1. The van der Waals surface area contributed by atoms with Gasteiger partial charge < -0.3 is 9.67 Å². The summed E-state index contributed by atoms with van der Waals surface area (Å²) in [5, 5.41) is 9.98. The third kappa shape index (κ3) is 2.67. The van der Waals surface area contributed by atoms with Gasteiger partial charge >= 0.3 is 0 Å². The van der Waals surface area contributed by atoms with E-state index in [4.69, 9.17) is 0 Å². The van der Waals surface area contributed by atoms with E-state index in [1.807, 2.05) is 0 Å². The van der Waals surface area contributed by atoms with Crippen LogP contribution in [0, 0.1) is 6.92 Å². The summed E-state index contributed by atoms with van der Waals surface area (Å²) >= 11 is 0. The van der Waals surface area contributed by atoms with Crippen LogP contribution >= 0.6 is 0 Å². The van der Waals surface area contributed by atoms with Crippen LogP contribution < -0.4 is 0 Å². The summed E-state index contributed by atoms with van der Waals surface area (Å²) in [5.74, 6) is -1.45. The highest BCUT2D eigenvalue weighted by Crippen LogP contribution is 2.18. The summed E-state index contributed by atoms with van der Waals surface area (Å²) in [6, 6.07) is 7.74. The van der Waals surface area contributed by atoms with Crippen molar-refractivity contribution in [2.75, 3.05) is 0 Å². The molecule has 2 aromatic rings. The lowest BCUT2D eigenvalue weighted by atomic mass is 10.00. The average Bonchev–Trinajstić information content (AvgIpc) is 2.91. The number of rotatable bonds is 5. The molecule has 104 valence electrons. The second-order valence-corrected chi connectivity index (χ2v) is 4.66. The Hall–Kier alpha value is -2.27. The molecular formula is C15H16N2O3. The maximum Gasteiger partial charge on any atom is 0.233 e. The van der Waals surface area contributed by atoms with Gasteiger partial charge in [0.05, 0.1) is 12.4 Å². The first-order valence-electron chi connectivity index (χ1n) is 6.32. The molecule has 0 aliphatic heterocycles. The third-order valence-corrected chi connectivity index (χ3v) is 3.26. The highest BCUT2D eigenvalue weighted by molar-refractivity contribution is 6.40. The van der Waals surface area contributed by atoms with Crippen molar-refractivity contribution >= 4 is 11.6 Å². The van der Waals surface area contributed by atoms with Crippen molar-refractivity contribution in [1.82, 2.24) is 9.55 Å². The zero-order valence-electron chi connectivity index (χ0n) is 11.4. The quantitative estimate of drug-likeness (QED) is 0.840. The molecule has 0 saturated carbocycles. The molecule has 0 saturated heterocycles. The highest BCUT2D eigenvalue weighted by Gasteiger charge is 2.29. The first-order valence-corrected chi connectivity index (χ1v) is 6.32. The topological polar surface area (TPSA) is 72.2 Å². The third-order valence-electron chi connectivity index (χ3n) is 3.26. The Kier molecular flexibility index (Phi) is 4.10. The molecule has 1 aromatic carbocycles. The van der Waals surface area contributed by atoms with Gasteiger partial charge in [0, 0.05) is 11.9 Å². The van der Waals surface area contributed by atoms with Crippen molar-refractivity contribution in [3.05, 3.63) is 54.1 Å². The van der Waals surface area contributed by atoms with Crippen LogP contribution in [0.5, 0.6) is 0 Å². The molecule has 0 amide bonds. The van der Waals surface area contributed by atoms with Gasteiger partial charge in [-0.25, -0.2) is 4.98 Å². The molecule has 0 aliphatic carbocycles. The number of imidazole rings is 1. The van der Waals surface area contributed by atoms with Gasteiger partial charge in [-0.15, -0.1) is 0 Å². The van der Waals surface area contributed by atoms with Crippen LogP contribution in [0.4, 0.5) is 0 Å². The molecule has 5 heteroatoms. The maximum atomic E-state index is 12.2. The van der Waals surface area contributed by atoms with E-state index in [1.54, 1.807) is 54.9 Å². The summed E-state index contributed by atoms with van der Waals surface area (Å²) in [5.41, 5.74) is 1.20. The molecular weight excluding hydrogens is 256 g/mol. The number of aryl methyl sites for hydroxylation is 1. The number of aromatic nitrogens is 2. The smallest absolute Gasteiger partial charge is 0.233 e. The monoisotopic (exact) mass is 272 g/mol. The number of aliphatic hydroxyl groups excluding tert-OH is 1. The van der Waals surface area contributed by atoms with Crippen LogP contribution in [-0.4, -0.2) is 26.2 Å². The van der Waals surface area contributed by atoms with E-state index in [1.165, 1.54) is 6.33 Å². The van der Waals surface area contributed by atoms with Crippen molar-refractivity contribution in [1.29, 1.82) is 0 Å². The Morgan fingerprint density at radius 1 is 1.20 bits per heavy atom. The molecule has 0 radical (unpaired) electrons. The molecule has 20 heavy (non-hydrogen) atoms. The van der Waals surface area contributed by atoms with Crippen molar-refractivity contribution in [3.8, 4) is 0 Å². The van der Waals surface area contributed by atoms with Crippen molar-refractivity contribution in [3.63, 3.8) is 0 Å². The molecule has 2 atom stereocenters. The standard InChI is InChI=1S/C15H16N2O3/c1-10-8-16-9-17(10)11(2)13(18)15(20)14(19)12-6-4-3-5-7-12/h3-9,11,14,19H,1-2H3. The number of hydrogen-bond donors (Lipinski definition) is 1. The average molecular weight is 272 g/mol. The number of ketones is 2. The molecule has 0 spiro atoms. The number of benzene rings is 1. The van der Waals surface area contributed by atoms with Gasteiger partial charge in [-0.05, 0) is 19.4 Å². The number of nitrogens with zero attached hydrogens (tertiary/aromatic N) is 2. The maximum absolute atomic E-state index is 12.2. The molecule has 2 unspecified atom stereocenters. The summed E-state index contributed by atoms with van der Waals surface area (Å²) in [6.45, 7) is 3.42. The van der Waals surface area contributed by atoms with Gasteiger partial charge in [0.2, 0.25) is 11.6 Å². The fourth-order valence-corrected chi connectivity index (χ4v) is 2.03. The predicted octanol–water partition coefficient (Wildman–Crippen LogP) is 1.62. The second-order valence-electron chi connectivity index (χ2n) is 4.66. The Balaban J connectivity index is 2.17. The number of Topliss-reactive ketones (excluding diaryl/α,β-unsaturated/α-hetero) is 2. The van der Waals surface area contributed by atoms with Crippen LogP contribution in [0.25, 0.3) is 0 Å². The summed E-state index contributed by atoms with van der Waals surface area (Å²) in [4.78, 5) is 28.1. The fraction of sp³-hybridized carbons (Fsp3) is 0.267. The second kappa shape index (κ2) is 5.79. The Morgan fingerprint density at radius 2 is 1.85 bits per heavy atom. The zero-order valence-corrected chi connectivity index (χ0v) is 11.4. The van der Waals surface area contributed by atoms with E-state index in [0.29, 0.717) is 5.56 Å². The number of hydrogen-bond acceptors (Lipinski definition) is 4. The van der Waals surface area contributed by atoms with E-state index in [0.717, 1.165) is 5.69 Å². The van der Waals surface area contributed by atoms with Crippen molar-refractivity contribution in [2.24, 2.45) is 0 Å². The molecule has 1 N–H and O–H groups in total. The normalized spacial score (nSPS) is 13.8. The van der Waals surface area contributed by atoms with Gasteiger partial charge in [0.1, 0.15) is 6.10 Å². The lowest BCUT2D eigenvalue weighted by Gasteiger charge is -2.15. The Labute approximate surface area is 116 Å². The Morgan fingerprint density at radius 3 is 2.40 bits per heavy atom. The summed E-state index contributed by atoms with van der Waals surface area (Å²) in [6.07, 6.45) is 1.69. The van der Waals surface area contributed by atoms with Crippen molar-refractivity contribution < 1.29 is 14.7 Å². The number of carbonyl (C=O) groups is 2. The van der Waals surface area contributed by atoms with E-state index in [9.17, 15) is 14.7 Å². The molecule has 0 fully saturated rings. The van der Waals surface area contributed by atoms with Gasteiger partial charge in [-0.3, -0.25) is 9.59 Å². The lowest BCUT2D eigenvalue weighted by molar-refractivity contribution is -0.143. The minimum absolute atomic E-state index is 0.417. The number of aliphatic hydroxyl groups is 1. The Bertz CT molecular complexity index is 619. The fourth-order valence-electron chi connectivity index (χ4n) is 2.03. The van der Waals surface area contributed by atoms with E-state index in [-0.39, 0.29) is 0 Å². The largest absolute Gasteiger partial charge is 0.380 e. The first-order chi connectivity index (χ1) is 9.52. The molecule has 1 aromatic heterocycles. The van der Waals surface area contributed by atoms with Crippen LogP contribution in [0.3, 0.4) is 0 Å². The molecule has 0 bridgehead atoms. The van der Waals surface area contributed by atoms with Crippen LogP contribution in [-0.2, 0) is 9.59 Å². The van der Waals surface area contributed by atoms with Crippen LogP contribution in [0.15, 0.2) is 42.9 Å². The van der Waals surface area contributed by atoms with Crippen LogP contribution in [0.2, 0.25) is 0 Å². The minimum atomic E-state index is -1.42. The van der Waals surface area contributed by atoms with E-state index in [2.05, 4.69) is 4.98 Å². The first kappa shape index (κ1) is 14.1. The molecule has 5 nitrogen and oxygen atoms in total. The van der Waals surface area contributed by atoms with Gasteiger partial charge in [-0.1, -0.05) is 30.3 Å². The van der Waals surface area contributed by atoms with E-state index < -0.39 is 23.7 Å². The molecule has 1 heterocycles. The number of carbonyl (C=O) groups excluding carboxylic acids is 2. The summed E-state index contributed by atoms with van der Waals surface area (Å²) < 4.78 is 1.61. The van der Waals surface area contributed by atoms with E-state index >= 15 is 0 Å². The minimum Gasteiger partial charge on any atom is -0.380 e. The molecule has 0 aliphatic rings. The zero-order chi connectivity index (χ0) is 14.7. The highest BCUT2D eigenvalue weighted by atomic mass is 16.3. The summed E-state index contributed by atoms with van der Waals surface area (Å²) in [7, 11) is 0. The van der Waals surface area contributed by atoms with Crippen molar-refractivity contribution in [2.45, 2.75) is 26.0 Å². The lowest BCUT2D eigenvalue weighted by Crippen LogP contribution is -2.29. The van der Waals surface area contributed by atoms with Gasteiger partial charge in [0.25, 0.3) is 0 Å². The predicted molar refractivity (Wildman–Crippen MR) is 73.1 cm³/mol. The molecule has 2 rings (SSSR count).